The lowest BCUT2D eigenvalue weighted by Gasteiger charge is -2.45. The molecule has 1 aromatic heterocycles. The van der Waals surface area contributed by atoms with Crippen LogP contribution in [-0.2, 0) is 12.0 Å². The van der Waals surface area contributed by atoms with E-state index in [-0.39, 0.29) is 11.1 Å². The van der Waals surface area contributed by atoms with Crippen molar-refractivity contribution in [2.45, 2.75) is 31.5 Å². The van der Waals surface area contributed by atoms with Crippen molar-refractivity contribution in [3.05, 3.63) is 57.0 Å². The molecule has 0 saturated carbocycles. The average Bonchev–Trinajstić information content (AvgIpc) is 2.30. The highest BCUT2D eigenvalue weighted by Gasteiger charge is 2.46. The van der Waals surface area contributed by atoms with Crippen molar-refractivity contribution in [1.29, 1.82) is 0 Å². The van der Waals surface area contributed by atoms with Crippen molar-refractivity contribution in [1.82, 2.24) is 4.98 Å². The Balaban J connectivity index is 2.25. The summed E-state index contributed by atoms with van der Waals surface area (Å²) >= 11 is 0. The van der Waals surface area contributed by atoms with Crippen LogP contribution >= 0.6 is 0 Å². The molecule has 3 nitrogen and oxygen atoms in total. The highest BCUT2D eigenvalue weighted by Crippen LogP contribution is 2.48. The number of halogens is 3. The zero-order valence-corrected chi connectivity index (χ0v) is 11.4. The van der Waals surface area contributed by atoms with Crippen LogP contribution in [0.2, 0.25) is 0 Å². The molecule has 0 amide bonds. The first kappa shape index (κ1) is 14.1. The van der Waals surface area contributed by atoms with E-state index in [0.29, 0.717) is 30.2 Å². The SMILES string of the molecule is CC1=C[C@H]2Cc3[nH]c(=O)ccc3[C@](N)(C1)/C2=C/C(F)(F)F. The Hall–Kier alpha value is -1.82. The molecule has 2 aliphatic rings. The smallest absolute Gasteiger partial charge is 0.326 e. The zero-order valence-electron chi connectivity index (χ0n) is 11.4. The number of nitrogens with two attached hydrogens (primary N) is 1. The second-order valence-electron chi connectivity index (χ2n) is 5.83. The molecule has 3 N–H and O–H groups in total. The molecule has 2 aliphatic carbocycles. The Morgan fingerprint density at radius 3 is 2.81 bits per heavy atom. The number of rotatable bonds is 0. The molecule has 0 radical (unpaired) electrons. The summed E-state index contributed by atoms with van der Waals surface area (Å²) in [6, 6.07) is 2.86. The van der Waals surface area contributed by atoms with Crippen molar-refractivity contribution in [2.75, 3.05) is 0 Å². The van der Waals surface area contributed by atoms with Gasteiger partial charge in [0.1, 0.15) is 0 Å². The van der Waals surface area contributed by atoms with Crippen molar-refractivity contribution in [3.63, 3.8) is 0 Å². The third-order valence-electron chi connectivity index (χ3n) is 4.18. The molecule has 0 unspecified atom stereocenters. The lowest BCUT2D eigenvalue weighted by atomic mass is 9.63. The van der Waals surface area contributed by atoms with E-state index >= 15 is 0 Å². The van der Waals surface area contributed by atoms with Crippen LogP contribution in [0.1, 0.15) is 24.6 Å². The first-order valence-electron chi connectivity index (χ1n) is 6.68. The summed E-state index contributed by atoms with van der Waals surface area (Å²) in [5.74, 6) is -0.420. The number of allylic oxidation sites excluding steroid dienone is 2. The zero-order chi connectivity index (χ0) is 15.4. The van der Waals surface area contributed by atoms with E-state index < -0.39 is 17.6 Å². The van der Waals surface area contributed by atoms with Crippen molar-refractivity contribution >= 4 is 0 Å². The largest absolute Gasteiger partial charge is 0.409 e. The maximum Gasteiger partial charge on any atom is 0.409 e. The molecule has 1 aromatic rings. The van der Waals surface area contributed by atoms with Gasteiger partial charge in [-0.3, -0.25) is 4.79 Å². The molecular formula is C15H15F3N2O. The lowest BCUT2D eigenvalue weighted by Crippen LogP contribution is -2.48. The Morgan fingerprint density at radius 1 is 1.43 bits per heavy atom. The second-order valence-corrected chi connectivity index (χ2v) is 5.83. The Kier molecular flexibility index (Phi) is 2.92. The van der Waals surface area contributed by atoms with Crippen LogP contribution in [0.25, 0.3) is 0 Å². The fraction of sp³-hybridized carbons (Fsp3) is 0.400. The van der Waals surface area contributed by atoms with Crippen molar-refractivity contribution in [3.8, 4) is 0 Å². The predicted octanol–water partition coefficient (Wildman–Crippen LogP) is 2.54. The fourth-order valence-electron chi connectivity index (χ4n) is 3.51. The molecule has 0 spiro atoms. The van der Waals surface area contributed by atoms with Gasteiger partial charge < -0.3 is 10.7 Å². The molecule has 2 atom stereocenters. The average molecular weight is 296 g/mol. The molecular weight excluding hydrogens is 281 g/mol. The van der Waals surface area contributed by atoms with E-state index in [1.807, 2.05) is 13.0 Å². The number of nitrogens with one attached hydrogen (secondary N) is 1. The predicted molar refractivity (Wildman–Crippen MR) is 72.6 cm³/mol. The molecule has 21 heavy (non-hydrogen) atoms. The van der Waals surface area contributed by atoms with Gasteiger partial charge in [0.25, 0.3) is 0 Å². The molecule has 0 saturated heterocycles. The summed E-state index contributed by atoms with van der Waals surface area (Å²) < 4.78 is 38.5. The van der Waals surface area contributed by atoms with Crippen LogP contribution in [0, 0.1) is 5.92 Å². The molecule has 2 bridgehead atoms. The van der Waals surface area contributed by atoms with E-state index in [0.717, 1.165) is 5.57 Å². The Labute approximate surface area is 119 Å². The normalized spacial score (nSPS) is 30.0. The molecule has 0 aromatic carbocycles. The second kappa shape index (κ2) is 4.34. The summed E-state index contributed by atoms with van der Waals surface area (Å²) in [5, 5.41) is 0. The topological polar surface area (TPSA) is 58.9 Å². The Morgan fingerprint density at radius 2 is 2.14 bits per heavy atom. The Bertz CT molecular complexity index is 714. The van der Waals surface area contributed by atoms with Gasteiger partial charge in [0.2, 0.25) is 5.56 Å². The summed E-state index contributed by atoms with van der Waals surface area (Å²) in [6.07, 6.45) is -1.60. The van der Waals surface area contributed by atoms with E-state index in [1.54, 1.807) is 6.07 Å². The molecule has 1 heterocycles. The van der Waals surface area contributed by atoms with Gasteiger partial charge in [0, 0.05) is 23.8 Å². The standard InChI is InChI=1S/C15H15F3N2O/c1-8-4-9-5-12-10(2-3-13(21)20-12)14(19,6-8)11(9)7-15(16,17)18/h2-4,7,9H,5-6,19H2,1H3,(H,20,21)/b11-7+/t9-,14+/m0/s1. The third-order valence-corrected chi connectivity index (χ3v) is 4.18. The third kappa shape index (κ3) is 2.33. The van der Waals surface area contributed by atoms with Crippen LogP contribution in [0.15, 0.2) is 40.2 Å². The monoisotopic (exact) mass is 296 g/mol. The first-order chi connectivity index (χ1) is 9.69. The number of pyridine rings is 1. The maximum absolute atomic E-state index is 12.8. The van der Waals surface area contributed by atoms with Crippen molar-refractivity contribution < 1.29 is 13.2 Å². The summed E-state index contributed by atoms with van der Waals surface area (Å²) in [7, 11) is 0. The van der Waals surface area contributed by atoms with E-state index in [4.69, 9.17) is 5.73 Å². The van der Waals surface area contributed by atoms with Gasteiger partial charge >= 0.3 is 6.18 Å². The van der Waals surface area contributed by atoms with E-state index in [2.05, 4.69) is 4.98 Å². The van der Waals surface area contributed by atoms with Gasteiger partial charge in [-0.25, -0.2) is 0 Å². The highest BCUT2D eigenvalue weighted by molar-refractivity contribution is 5.49. The van der Waals surface area contributed by atoms with Crippen molar-refractivity contribution in [2.24, 2.45) is 11.7 Å². The molecule has 0 fully saturated rings. The number of hydrogen-bond acceptors (Lipinski definition) is 2. The van der Waals surface area contributed by atoms with Gasteiger partial charge in [-0.1, -0.05) is 11.6 Å². The molecule has 3 rings (SSSR count). The molecule has 112 valence electrons. The number of alkyl halides is 3. The highest BCUT2D eigenvalue weighted by atomic mass is 19.4. The van der Waals surface area contributed by atoms with Crippen LogP contribution in [-0.4, -0.2) is 11.2 Å². The number of fused-ring (bicyclic) bond motifs is 4. The van der Waals surface area contributed by atoms with Gasteiger partial charge in [-0.2, -0.15) is 13.2 Å². The number of hydrogen-bond donors (Lipinski definition) is 2. The minimum atomic E-state index is -4.41. The summed E-state index contributed by atoms with van der Waals surface area (Å²) in [5.41, 5.74) is 7.28. The quantitative estimate of drug-likeness (QED) is 0.723. The van der Waals surface area contributed by atoms with Gasteiger partial charge in [0.05, 0.1) is 5.54 Å². The van der Waals surface area contributed by atoms with E-state index in [1.165, 1.54) is 6.07 Å². The van der Waals surface area contributed by atoms with E-state index in [9.17, 15) is 18.0 Å². The number of H-pyrrole nitrogens is 1. The molecule has 0 aliphatic heterocycles. The number of aromatic amines is 1. The fourth-order valence-corrected chi connectivity index (χ4v) is 3.51. The van der Waals surface area contributed by atoms with Crippen LogP contribution in [0.4, 0.5) is 13.2 Å². The lowest BCUT2D eigenvalue weighted by molar-refractivity contribution is -0.0815. The summed E-state index contributed by atoms with van der Waals surface area (Å²) in [4.78, 5) is 14.1. The maximum atomic E-state index is 12.8. The minimum Gasteiger partial charge on any atom is -0.326 e. The summed E-state index contributed by atoms with van der Waals surface area (Å²) in [6.45, 7) is 1.87. The molecule has 6 heteroatoms. The van der Waals surface area contributed by atoms with Crippen LogP contribution in [0.3, 0.4) is 0 Å². The van der Waals surface area contributed by atoms with Gasteiger partial charge in [-0.15, -0.1) is 0 Å². The van der Waals surface area contributed by atoms with Crippen LogP contribution in [0.5, 0.6) is 0 Å². The minimum absolute atomic E-state index is 0.181. The first-order valence-corrected chi connectivity index (χ1v) is 6.68. The van der Waals surface area contributed by atoms with Crippen LogP contribution < -0.4 is 11.3 Å². The van der Waals surface area contributed by atoms with Gasteiger partial charge in [-0.05, 0) is 37.0 Å². The van der Waals surface area contributed by atoms with Gasteiger partial charge in [0.15, 0.2) is 0 Å². The number of aromatic nitrogens is 1.